The predicted octanol–water partition coefficient (Wildman–Crippen LogP) is 3.85. The minimum Gasteiger partial charge on any atom is -0.497 e. The molecule has 1 heterocycles. The maximum Gasteiger partial charge on any atom is 0.136 e. The van der Waals surface area contributed by atoms with Crippen molar-refractivity contribution in [1.82, 2.24) is 4.98 Å². The van der Waals surface area contributed by atoms with Gasteiger partial charge in [-0.3, -0.25) is 0 Å². The molecule has 0 aliphatic carbocycles. The van der Waals surface area contributed by atoms with E-state index in [4.69, 9.17) is 4.74 Å². The average molecular weight is 323 g/mol. The summed E-state index contributed by atoms with van der Waals surface area (Å²) in [6, 6.07) is 8.16. The quantitative estimate of drug-likeness (QED) is 0.755. The lowest BCUT2D eigenvalue weighted by Crippen LogP contribution is -2.27. The SMILES string of the molecule is CCCN(CCBr)c1nccc2cc(OC)ccc12. The van der Waals surface area contributed by atoms with E-state index in [-0.39, 0.29) is 0 Å². The summed E-state index contributed by atoms with van der Waals surface area (Å²) in [5.74, 6) is 1.94. The Labute approximate surface area is 122 Å². The molecule has 102 valence electrons. The van der Waals surface area contributed by atoms with Crippen molar-refractivity contribution < 1.29 is 4.74 Å². The number of methoxy groups -OCH3 is 1. The normalized spacial score (nSPS) is 10.7. The van der Waals surface area contributed by atoms with Crippen molar-refractivity contribution in [2.45, 2.75) is 13.3 Å². The molecule has 19 heavy (non-hydrogen) atoms. The van der Waals surface area contributed by atoms with Crippen molar-refractivity contribution in [2.24, 2.45) is 0 Å². The number of rotatable bonds is 6. The van der Waals surface area contributed by atoms with Crippen molar-refractivity contribution in [3.8, 4) is 5.75 Å². The highest BCUT2D eigenvalue weighted by molar-refractivity contribution is 9.09. The second kappa shape index (κ2) is 6.75. The third kappa shape index (κ3) is 3.18. The van der Waals surface area contributed by atoms with Gasteiger partial charge in [-0.1, -0.05) is 22.9 Å². The van der Waals surface area contributed by atoms with Crippen molar-refractivity contribution in [3.05, 3.63) is 30.5 Å². The number of alkyl halides is 1. The zero-order valence-electron chi connectivity index (χ0n) is 11.4. The Kier molecular flexibility index (Phi) is 5.02. The Morgan fingerprint density at radius 1 is 1.26 bits per heavy atom. The largest absolute Gasteiger partial charge is 0.497 e. The van der Waals surface area contributed by atoms with Crippen molar-refractivity contribution in [1.29, 1.82) is 0 Å². The van der Waals surface area contributed by atoms with Crippen LogP contribution in [0.1, 0.15) is 13.3 Å². The van der Waals surface area contributed by atoms with Gasteiger partial charge in [-0.05, 0) is 36.1 Å². The number of anilines is 1. The first-order chi connectivity index (χ1) is 9.30. The molecule has 0 amide bonds. The van der Waals surface area contributed by atoms with E-state index in [1.54, 1.807) is 7.11 Å². The fourth-order valence-corrected chi connectivity index (χ4v) is 2.64. The number of hydrogen-bond acceptors (Lipinski definition) is 3. The maximum absolute atomic E-state index is 5.28. The molecule has 0 saturated heterocycles. The first kappa shape index (κ1) is 14.1. The number of nitrogens with zero attached hydrogens (tertiary/aromatic N) is 2. The molecule has 0 atom stereocenters. The molecule has 4 heteroatoms. The van der Waals surface area contributed by atoms with Crippen LogP contribution in [-0.2, 0) is 0 Å². The Morgan fingerprint density at radius 2 is 2.11 bits per heavy atom. The fraction of sp³-hybridized carbons (Fsp3) is 0.400. The topological polar surface area (TPSA) is 25.4 Å². The first-order valence-electron chi connectivity index (χ1n) is 6.53. The molecular weight excluding hydrogens is 304 g/mol. The van der Waals surface area contributed by atoms with E-state index in [0.717, 1.165) is 36.4 Å². The van der Waals surface area contributed by atoms with Crippen LogP contribution in [0.15, 0.2) is 30.5 Å². The van der Waals surface area contributed by atoms with E-state index in [9.17, 15) is 0 Å². The van der Waals surface area contributed by atoms with Crippen molar-refractivity contribution in [2.75, 3.05) is 30.4 Å². The molecule has 2 rings (SSSR count). The van der Waals surface area contributed by atoms with Gasteiger partial charge in [0.05, 0.1) is 7.11 Å². The van der Waals surface area contributed by atoms with Crippen LogP contribution in [0.2, 0.25) is 0 Å². The molecule has 1 aromatic carbocycles. The Balaban J connectivity index is 2.46. The molecule has 0 aliphatic rings. The van der Waals surface area contributed by atoms with Crippen LogP contribution in [0.5, 0.6) is 5.75 Å². The smallest absolute Gasteiger partial charge is 0.136 e. The third-order valence-corrected chi connectivity index (χ3v) is 3.45. The standard InChI is InChI=1S/C15H19BrN2O/c1-3-9-18(10-7-16)15-14-5-4-13(19-2)11-12(14)6-8-17-15/h4-6,8,11H,3,7,9-10H2,1-2H3. The van der Waals surface area contributed by atoms with Crippen LogP contribution in [-0.4, -0.2) is 30.5 Å². The third-order valence-electron chi connectivity index (χ3n) is 3.10. The summed E-state index contributed by atoms with van der Waals surface area (Å²) in [6.07, 6.45) is 2.98. The Hall–Kier alpha value is -1.29. The van der Waals surface area contributed by atoms with Gasteiger partial charge < -0.3 is 9.64 Å². The molecule has 0 saturated carbocycles. The highest BCUT2D eigenvalue weighted by Gasteiger charge is 2.10. The molecule has 0 radical (unpaired) electrons. The lowest BCUT2D eigenvalue weighted by atomic mass is 10.1. The number of fused-ring (bicyclic) bond motifs is 1. The minimum absolute atomic E-state index is 0.882. The summed E-state index contributed by atoms with van der Waals surface area (Å²) < 4.78 is 5.28. The van der Waals surface area contributed by atoms with Gasteiger partial charge in [-0.2, -0.15) is 0 Å². The summed E-state index contributed by atoms with van der Waals surface area (Å²) >= 11 is 3.51. The number of aromatic nitrogens is 1. The summed E-state index contributed by atoms with van der Waals surface area (Å²) in [7, 11) is 1.69. The molecule has 0 N–H and O–H groups in total. The molecule has 0 unspecified atom stereocenters. The number of ether oxygens (including phenoxy) is 1. The van der Waals surface area contributed by atoms with Crippen LogP contribution in [0.4, 0.5) is 5.82 Å². The predicted molar refractivity (Wildman–Crippen MR) is 84.6 cm³/mol. The number of hydrogen-bond donors (Lipinski definition) is 0. The van der Waals surface area contributed by atoms with E-state index < -0.39 is 0 Å². The van der Waals surface area contributed by atoms with Gasteiger partial charge in [0.2, 0.25) is 0 Å². The molecule has 2 aromatic rings. The molecule has 1 aromatic heterocycles. The van der Waals surface area contributed by atoms with Crippen LogP contribution in [0, 0.1) is 0 Å². The monoisotopic (exact) mass is 322 g/mol. The second-order valence-electron chi connectivity index (χ2n) is 4.40. The Morgan fingerprint density at radius 3 is 2.79 bits per heavy atom. The number of benzene rings is 1. The van der Waals surface area contributed by atoms with Gasteiger partial charge in [0.1, 0.15) is 11.6 Å². The fourth-order valence-electron chi connectivity index (χ4n) is 2.21. The van der Waals surface area contributed by atoms with Gasteiger partial charge in [0.25, 0.3) is 0 Å². The lowest BCUT2D eigenvalue weighted by Gasteiger charge is -2.23. The highest BCUT2D eigenvalue weighted by Crippen LogP contribution is 2.27. The van der Waals surface area contributed by atoms with Gasteiger partial charge in [0, 0.05) is 30.0 Å². The van der Waals surface area contributed by atoms with Gasteiger partial charge in [0.15, 0.2) is 0 Å². The van der Waals surface area contributed by atoms with Gasteiger partial charge in [-0.25, -0.2) is 4.98 Å². The number of halogens is 1. The van der Waals surface area contributed by atoms with E-state index in [2.05, 4.69) is 44.9 Å². The average Bonchev–Trinajstić information content (AvgIpc) is 2.46. The van der Waals surface area contributed by atoms with Crippen molar-refractivity contribution in [3.63, 3.8) is 0 Å². The van der Waals surface area contributed by atoms with E-state index in [1.165, 1.54) is 10.8 Å². The minimum atomic E-state index is 0.882. The second-order valence-corrected chi connectivity index (χ2v) is 5.19. The Bertz CT molecular complexity index is 539. The molecule has 0 bridgehead atoms. The van der Waals surface area contributed by atoms with Crippen LogP contribution in [0.25, 0.3) is 10.8 Å². The van der Waals surface area contributed by atoms with E-state index >= 15 is 0 Å². The summed E-state index contributed by atoms with van der Waals surface area (Å²) in [5, 5.41) is 3.29. The van der Waals surface area contributed by atoms with Crippen molar-refractivity contribution >= 4 is 32.5 Å². The van der Waals surface area contributed by atoms with Gasteiger partial charge >= 0.3 is 0 Å². The maximum atomic E-state index is 5.28. The van der Waals surface area contributed by atoms with E-state index in [1.807, 2.05) is 18.3 Å². The molecule has 3 nitrogen and oxygen atoms in total. The van der Waals surface area contributed by atoms with Crippen LogP contribution >= 0.6 is 15.9 Å². The molecular formula is C15H19BrN2O. The van der Waals surface area contributed by atoms with Gasteiger partial charge in [-0.15, -0.1) is 0 Å². The highest BCUT2D eigenvalue weighted by atomic mass is 79.9. The molecule has 0 spiro atoms. The molecule has 0 fully saturated rings. The summed E-state index contributed by atoms with van der Waals surface area (Å²) in [5.41, 5.74) is 0. The summed E-state index contributed by atoms with van der Waals surface area (Å²) in [6.45, 7) is 4.17. The zero-order valence-corrected chi connectivity index (χ0v) is 13.0. The van der Waals surface area contributed by atoms with E-state index in [0.29, 0.717) is 0 Å². The first-order valence-corrected chi connectivity index (χ1v) is 7.66. The number of pyridine rings is 1. The molecule has 0 aliphatic heterocycles. The van der Waals surface area contributed by atoms with Crippen LogP contribution < -0.4 is 9.64 Å². The zero-order chi connectivity index (χ0) is 13.7. The summed E-state index contributed by atoms with van der Waals surface area (Å²) in [4.78, 5) is 6.89. The lowest BCUT2D eigenvalue weighted by molar-refractivity contribution is 0.415. The van der Waals surface area contributed by atoms with Crippen LogP contribution in [0.3, 0.4) is 0 Å².